The van der Waals surface area contributed by atoms with Gasteiger partial charge in [-0.1, -0.05) is 43.8 Å². The molecule has 0 aliphatic heterocycles. The lowest BCUT2D eigenvalue weighted by Crippen LogP contribution is -2.10. The van der Waals surface area contributed by atoms with Crippen LogP contribution in [0.3, 0.4) is 0 Å². The topological polar surface area (TPSA) is 57.2 Å². The van der Waals surface area contributed by atoms with E-state index in [9.17, 15) is 0 Å². The van der Waals surface area contributed by atoms with Crippen LogP contribution < -0.4 is 4.74 Å². The van der Waals surface area contributed by atoms with Gasteiger partial charge < -0.3 is 13.7 Å². The Morgan fingerprint density at radius 2 is 1.90 bits per heavy atom. The second-order valence-electron chi connectivity index (χ2n) is 7.47. The number of thioether (sulfide) groups is 1. The highest BCUT2D eigenvalue weighted by atomic mass is 79.9. The maximum atomic E-state index is 5.91. The van der Waals surface area contributed by atoms with Gasteiger partial charge in [-0.15, -0.1) is 10.2 Å². The van der Waals surface area contributed by atoms with Crippen molar-refractivity contribution in [2.45, 2.75) is 44.3 Å². The van der Waals surface area contributed by atoms with Crippen LogP contribution in [0, 0.1) is 5.92 Å². The summed E-state index contributed by atoms with van der Waals surface area (Å²) < 4.78 is 11.2. The Balaban J connectivity index is 1.48. The number of pyridine rings is 1. The summed E-state index contributed by atoms with van der Waals surface area (Å²) in [5, 5.41) is 9.76. The van der Waals surface area contributed by atoms with E-state index in [1.165, 1.54) is 0 Å². The summed E-state index contributed by atoms with van der Waals surface area (Å²) in [6.07, 6.45) is 5.13. The SMILES string of the molecule is CC(C)CCn1c(COc2ccccc2)nnc1SCc1cn2cc(Br)ccc2n1. The average molecular weight is 486 g/mol. The lowest BCUT2D eigenvalue weighted by Gasteiger charge is -2.12. The molecule has 6 nitrogen and oxygen atoms in total. The fourth-order valence-electron chi connectivity index (χ4n) is 3.03. The first-order valence-corrected chi connectivity index (χ1v) is 11.7. The molecule has 0 radical (unpaired) electrons. The van der Waals surface area contributed by atoms with Crippen molar-refractivity contribution >= 4 is 33.3 Å². The third kappa shape index (κ3) is 5.23. The third-order valence-electron chi connectivity index (χ3n) is 4.65. The van der Waals surface area contributed by atoms with Crippen molar-refractivity contribution in [3.8, 4) is 5.75 Å². The number of hydrogen-bond acceptors (Lipinski definition) is 5. The number of fused-ring (bicyclic) bond motifs is 1. The molecule has 156 valence electrons. The molecule has 0 saturated carbocycles. The van der Waals surface area contributed by atoms with Crippen LogP contribution in [0.4, 0.5) is 0 Å². The standard InChI is InChI=1S/C22H24BrN5OS/c1-16(2)10-11-28-21(14-29-19-6-4-3-5-7-19)25-26-22(28)30-15-18-13-27-12-17(23)8-9-20(27)24-18/h3-9,12-13,16H,10-11,14-15H2,1-2H3. The Hall–Kier alpha value is -2.32. The van der Waals surface area contributed by atoms with Crippen LogP contribution >= 0.6 is 27.7 Å². The molecule has 0 atom stereocenters. The molecule has 0 fully saturated rings. The zero-order valence-electron chi connectivity index (χ0n) is 17.0. The number of benzene rings is 1. The van der Waals surface area contributed by atoms with Crippen molar-refractivity contribution in [3.63, 3.8) is 0 Å². The van der Waals surface area contributed by atoms with Gasteiger partial charge in [-0.3, -0.25) is 0 Å². The molecule has 0 spiro atoms. The Kier molecular flexibility index (Phi) is 6.74. The molecule has 1 aromatic carbocycles. The smallest absolute Gasteiger partial charge is 0.191 e. The quantitative estimate of drug-likeness (QED) is 0.288. The molecule has 0 saturated heterocycles. The number of halogens is 1. The minimum Gasteiger partial charge on any atom is -0.486 e. The molecule has 0 amide bonds. The molecule has 0 N–H and O–H groups in total. The van der Waals surface area contributed by atoms with Crippen LogP contribution in [0.25, 0.3) is 5.65 Å². The Bertz CT molecular complexity index is 1110. The average Bonchev–Trinajstić information content (AvgIpc) is 3.32. The van der Waals surface area contributed by atoms with Crippen LogP contribution in [-0.2, 0) is 18.9 Å². The molecule has 8 heteroatoms. The number of imidazole rings is 1. The molecule has 4 rings (SSSR count). The molecule has 0 unspecified atom stereocenters. The highest BCUT2D eigenvalue weighted by Gasteiger charge is 2.15. The Morgan fingerprint density at radius 3 is 2.70 bits per heavy atom. The van der Waals surface area contributed by atoms with Gasteiger partial charge in [-0.2, -0.15) is 0 Å². The summed E-state index contributed by atoms with van der Waals surface area (Å²) in [7, 11) is 0. The zero-order chi connectivity index (χ0) is 20.9. The van der Waals surface area contributed by atoms with Crippen LogP contribution in [0.2, 0.25) is 0 Å². The Labute approximate surface area is 188 Å². The maximum Gasteiger partial charge on any atom is 0.191 e. The van der Waals surface area contributed by atoms with Crippen molar-refractivity contribution in [2.24, 2.45) is 5.92 Å². The second kappa shape index (κ2) is 9.66. The van der Waals surface area contributed by atoms with Gasteiger partial charge in [-0.05, 0) is 52.5 Å². The highest BCUT2D eigenvalue weighted by molar-refractivity contribution is 9.10. The minimum absolute atomic E-state index is 0.401. The molecule has 0 bridgehead atoms. The van der Waals surface area contributed by atoms with E-state index in [1.54, 1.807) is 11.8 Å². The summed E-state index contributed by atoms with van der Waals surface area (Å²) >= 11 is 5.16. The van der Waals surface area contributed by atoms with Crippen molar-refractivity contribution < 1.29 is 4.74 Å². The van der Waals surface area contributed by atoms with Gasteiger partial charge in [0.1, 0.15) is 18.0 Å². The number of ether oxygens (including phenoxy) is 1. The fourth-order valence-corrected chi connectivity index (χ4v) is 4.25. The highest BCUT2D eigenvalue weighted by Crippen LogP contribution is 2.24. The lowest BCUT2D eigenvalue weighted by atomic mass is 10.1. The number of rotatable bonds is 9. The normalized spacial score (nSPS) is 11.5. The van der Waals surface area contributed by atoms with Gasteiger partial charge in [0.05, 0.1) is 5.69 Å². The van der Waals surface area contributed by atoms with Crippen molar-refractivity contribution in [2.75, 3.05) is 0 Å². The van der Waals surface area contributed by atoms with E-state index in [0.29, 0.717) is 12.5 Å². The first-order chi connectivity index (χ1) is 14.6. The largest absolute Gasteiger partial charge is 0.486 e. The van der Waals surface area contributed by atoms with Gasteiger partial charge in [-0.25, -0.2) is 4.98 Å². The van der Waals surface area contributed by atoms with Crippen molar-refractivity contribution in [1.29, 1.82) is 0 Å². The summed E-state index contributed by atoms with van der Waals surface area (Å²) in [5.74, 6) is 3.02. The molecule has 4 aromatic rings. The second-order valence-corrected chi connectivity index (χ2v) is 9.33. The summed E-state index contributed by atoms with van der Waals surface area (Å²) in [4.78, 5) is 4.69. The van der Waals surface area contributed by atoms with Crippen molar-refractivity contribution in [3.05, 3.63) is 70.8 Å². The number of para-hydroxylation sites is 1. The molecule has 3 heterocycles. The van der Waals surface area contributed by atoms with Gasteiger partial charge in [0.25, 0.3) is 0 Å². The molecule has 3 aromatic heterocycles. The van der Waals surface area contributed by atoms with E-state index in [2.05, 4.69) is 50.7 Å². The predicted molar refractivity (Wildman–Crippen MR) is 123 cm³/mol. The van der Waals surface area contributed by atoms with E-state index in [-0.39, 0.29) is 0 Å². The minimum atomic E-state index is 0.401. The monoisotopic (exact) mass is 485 g/mol. The lowest BCUT2D eigenvalue weighted by molar-refractivity contribution is 0.285. The van der Waals surface area contributed by atoms with E-state index in [0.717, 1.165) is 51.3 Å². The molecule has 30 heavy (non-hydrogen) atoms. The van der Waals surface area contributed by atoms with Gasteiger partial charge in [0.2, 0.25) is 0 Å². The van der Waals surface area contributed by atoms with E-state index >= 15 is 0 Å². The number of aromatic nitrogens is 5. The first kappa shape index (κ1) is 20.9. The van der Waals surface area contributed by atoms with Crippen LogP contribution in [0.15, 0.2) is 64.5 Å². The molecular formula is C22H24BrN5OS. The maximum absolute atomic E-state index is 5.91. The van der Waals surface area contributed by atoms with Crippen LogP contribution in [0.1, 0.15) is 31.8 Å². The van der Waals surface area contributed by atoms with E-state index in [1.807, 2.05) is 53.1 Å². The summed E-state index contributed by atoms with van der Waals surface area (Å²) in [6, 6.07) is 13.8. The van der Waals surface area contributed by atoms with Crippen LogP contribution in [-0.4, -0.2) is 24.1 Å². The van der Waals surface area contributed by atoms with E-state index < -0.39 is 0 Å². The molecular weight excluding hydrogens is 462 g/mol. The fraction of sp³-hybridized carbons (Fsp3) is 0.318. The van der Waals surface area contributed by atoms with Gasteiger partial charge in [0.15, 0.2) is 11.0 Å². The zero-order valence-corrected chi connectivity index (χ0v) is 19.4. The molecule has 0 aliphatic rings. The van der Waals surface area contributed by atoms with E-state index in [4.69, 9.17) is 9.72 Å². The van der Waals surface area contributed by atoms with Gasteiger partial charge in [0, 0.05) is 29.2 Å². The van der Waals surface area contributed by atoms with Gasteiger partial charge >= 0.3 is 0 Å². The Morgan fingerprint density at radius 1 is 1.07 bits per heavy atom. The number of nitrogens with zero attached hydrogens (tertiary/aromatic N) is 5. The third-order valence-corrected chi connectivity index (χ3v) is 6.12. The summed E-state index contributed by atoms with van der Waals surface area (Å²) in [5.41, 5.74) is 1.95. The molecule has 0 aliphatic carbocycles. The predicted octanol–water partition coefficient (Wildman–Crippen LogP) is 5.61. The number of hydrogen-bond donors (Lipinski definition) is 0. The summed E-state index contributed by atoms with van der Waals surface area (Å²) in [6.45, 7) is 5.73. The van der Waals surface area contributed by atoms with Crippen LogP contribution in [0.5, 0.6) is 5.75 Å². The first-order valence-electron chi connectivity index (χ1n) is 9.94. The van der Waals surface area contributed by atoms with Crippen molar-refractivity contribution in [1.82, 2.24) is 24.1 Å².